The van der Waals surface area contributed by atoms with E-state index in [0.717, 1.165) is 25.7 Å². The molecule has 0 rings (SSSR count). The highest BCUT2D eigenvalue weighted by molar-refractivity contribution is 7.49. The maximum atomic E-state index is 11.7. The Morgan fingerprint density at radius 1 is 0.378 bits per heavy atom. The summed E-state index contributed by atoms with van der Waals surface area (Å²) in [5, 5.41) is 0. The van der Waals surface area contributed by atoms with E-state index in [1.54, 1.807) is 0 Å². The molecular formula is C33H67O3P-2. The molecule has 0 amide bonds. The summed E-state index contributed by atoms with van der Waals surface area (Å²) >= 11 is 0. The number of hydrogen-bond donors (Lipinski definition) is 0. The number of rotatable bonds is 31. The van der Waals surface area contributed by atoms with Gasteiger partial charge in [-0.15, -0.1) is 0 Å². The predicted molar refractivity (Wildman–Crippen MR) is 161 cm³/mol. The first-order valence-electron chi connectivity index (χ1n) is 17.0. The van der Waals surface area contributed by atoms with E-state index in [4.69, 9.17) is 0 Å². The highest BCUT2D eigenvalue weighted by atomic mass is 31.2. The van der Waals surface area contributed by atoms with Crippen molar-refractivity contribution in [3.05, 3.63) is 0 Å². The molecule has 0 N–H and O–H groups in total. The fraction of sp³-hybridized carbons (Fsp3) is 1.00. The van der Waals surface area contributed by atoms with Gasteiger partial charge in [0.2, 0.25) is 0 Å². The number of hydrogen-bond acceptors (Lipinski definition) is 3. The lowest BCUT2D eigenvalue weighted by Crippen LogP contribution is -2.26. The quantitative estimate of drug-likeness (QED) is 0.0646. The van der Waals surface area contributed by atoms with Crippen LogP contribution < -0.4 is 9.79 Å². The molecule has 0 aromatic rings. The normalized spacial score (nSPS) is 12.1. The molecule has 224 valence electrons. The summed E-state index contributed by atoms with van der Waals surface area (Å²) in [6.45, 7) is 4.54. The van der Waals surface area contributed by atoms with E-state index in [0.29, 0.717) is 12.8 Å². The van der Waals surface area contributed by atoms with Crippen LogP contribution in [0.1, 0.15) is 206 Å². The zero-order chi connectivity index (χ0) is 27.3. The monoisotopic (exact) mass is 542 g/mol. The minimum Gasteiger partial charge on any atom is -0.811 e. The largest absolute Gasteiger partial charge is 0.811 e. The van der Waals surface area contributed by atoms with E-state index in [2.05, 4.69) is 13.8 Å². The molecule has 0 bridgehead atoms. The molecular weight excluding hydrogens is 475 g/mol. The van der Waals surface area contributed by atoms with Crippen molar-refractivity contribution in [3.8, 4) is 0 Å². The third-order valence-corrected chi connectivity index (χ3v) is 9.64. The van der Waals surface area contributed by atoms with E-state index >= 15 is 0 Å². The van der Waals surface area contributed by atoms with Crippen molar-refractivity contribution < 1.29 is 14.4 Å². The standard InChI is InChI=1S/C33H69O3P/c1-3-5-7-9-11-13-15-17-19-21-23-25-27-29-31-33(37(34,35)36)32-30-28-26-24-22-20-18-16-14-12-10-8-6-4-2/h33H,3-32H2,1-2H3,(H2,34,35,36)/p-2. The Kier molecular flexibility index (Phi) is 29.3. The smallest absolute Gasteiger partial charge is 0.0134 e. The lowest BCUT2D eigenvalue weighted by molar-refractivity contribution is -0.317. The SMILES string of the molecule is CCCCCCCCCCCCCCCCC(CCCCCCCCCCCCCCCC)P(=O)([O-])[O-]. The van der Waals surface area contributed by atoms with Crippen molar-refractivity contribution in [3.63, 3.8) is 0 Å². The Labute approximate surface area is 233 Å². The van der Waals surface area contributed by atoms with E-state index in [-0.39, 0.29) is 0 Å². The van der Waals surface area contributed by atoms with Gasteiger partial charge in [0.05, 0.1) is 0 Å². The van der Waals surface area contributed by atoms with Gasteiger partial charge in [-0.25, -0.2) is 0 Å². The first kappa shape index (κ1) is 37.1. The van der Waals surface area contributed by atoms with Gasteiger partial charge in [-0.05, 0) is 18.5 Å². The zero-order valence-electron chi connectivity index (χ0n) is 25.5. The Balaban J connectivity index is 3.53. The molecule has 0 unspecified atom stereocenters. The third-order valence-electron chi connectivity index (χ3n) is 8.23. The maximum absolute atomic E-state index is 11.7. The summed E-state index contributed by atoms with van der Waals surface area (Å²) in [5.41, 5.74) is -0.623. The van der Waals surface area contributed by atoms with Crippen LogP contribution in [0.5, 0.6) is 0 Å². The van der Waals surface area contributed by atoms with Gasteiger partial charge in [-0.1, -0.05) is 201 Å². The molecule has 0 saturated heterocycles. The Morgan fingerprint density at radius 2 is 0.568 bits per heavy atom. The highest BCUT2D eigenvalue weighted by Gasteiger charge is 2.12. The molecule has 0 saturated carbocycles. The van der Waals surface area contributed by atoms with Crippen LogP contribution in [0.2, 0.25) is 0 Å². The van der Waals surface area contributed by atoms with Gasteiger partial charge in [0.25, 0.3) is 0 Å². The maximum Gasteiger partial charge on any atom is -0.0134 e. The zero-order valence-corrected chi connectivity index (χ0v) is 26.4. The van der Waals surface area contributed by atoms with E-state index in [9.17, 15) is 14.4 Å². The van der Waals surface area contributed by atoms with Gasteiger partial charge >= 0.3 is 0 Å². The van der Waals surface area contributed by atoms with E-state index in [1.165, 1.54) is 154 Å². The molecule has 0 aromatic carbocycles. The fourth-order valence-corrected chi connectivity index (χ4v) is 6.61. The molecule has 4 heteroatoms. The molecule has 0 fully saturated rings. The van der Waals surface area contributed by atoms with Crippen molar-refractivity contribution >= 4 is 7.60 Å². The Morgan fingerprint density at radius 3 is 0.757 bits per heavy atom. The van der Waals surface area contributed by atoms with E-state index in [1.807, 2.05) is 0 Å². The summed E-state index contributed by atoms with van der Waals surface area (Å²) in [5.74, 6) is 0. The first-order valence-corrected chi connectivity index (χ1v) is 18.6. The molecule has 37 heavy (non-hydrogen) atoms. The van der Waals surface area contributed by atoms with Crippen LogP contribution in [-0.4, -0.2) is 5.66 Å². The topological polar surface area (TPSA) is 63.2 Å². The predicted octanol–water partition coefficient (Wildman–Crippen LogP) is 11.0. The molecule has 0 aliphatic rings. The summed E-state index contributed by atoms with van der Waals surface area (Å²) < 4.78 is 11.7. The van der Waals surface area contributed by atoms with Crippen LogP contribution in [0.25, 0.3) is 0 Å². The summed E-state index contributed by atoms with van der Waals surface area (Å²) in [7, 11) is -4.45. The summed E-state index contributed by atoms with van der Waals surface area (Å²) in [4.78, 5) is 23.5. The molecule has 0 aliphatic carbocycles. The molecule has 0 spiro atoms. The second-order valence-corrected chi connectivity index (χ2v) is 13.8. The van der Waals surface area contributed by atoms with Gasteiger partial charge in [0, 0.05) is 0 Å². The molecule has 3 nitrogen and oxygen atoms in total. The Bertz CT molecular complexity index is 444. The van der Waals surface area contributed by atoms with Gasteiger partial charge in [-0.3, -0.25) is 0 Å². The minimum atomic E-state index is -4.45. The summed E-state index contributed by atoms with van der Waals surface area (Å²) in [6.07, 6.45) is 37.5. The average Bonchev–Trinajstić information content (AvgIpc) is 2.87. The Hall–Kier alpha value is 0.150. The third kappa shape index (κ3) is 29.0. The van der Waals surface area contributed by atoms with Gasteiger partial charge < -0.3 is 14.4 Å². The minimum absolute atomic E-state index is 0.584. The van der Waals surface area contributed by atoms with Gasteiger partial charge in [0.15, 0.2) is 0 Å². The van der Waals surface area contributed by atoms with Crippen LogP contribution in [0, 0.1) is 0 Å². The van der Waals surface area contributed by atoms with Crippen molar-refractivity contribution in [1.29, 1.82) is 0 Å². The fourth-order valence-electron chi connectivity index (χ4n) is 5.61. The summed E-state index contributed by atoms with van der Waals surface area (Å²) in [6, 6.07) is 0. The van der Waals surface area contributed by atoms with Crippen LogP contribution >= 0.6 is 7.60 Å². The molecule has 0 atom stereocenters. The van der Waals surface area contributed by atoms with E-state index < -0.39 is 13.3 Å². The van der Waals surface area contributed by atoms with Crippen molar-refractivity contribution in [1.82, 2.24) is 0 Å². The van der Waals surface area contributed by atoms with Crippen molar-refractivity contribution in [2.45, 2.75) is 212 Å². The van der Waals surface area contributed by atoms with Crippen molar-refractivity contribution in [2.24, 2.45) is 0 Å². The van der Waals surface area contributed by atoms with Crippen LogP contribution in [0.4, 0.5) is 0 Å². The van der Waals surface area contributed by atoms with Crippen LogP contribution in [0.15, 0.2) is 0 Å². The number of unbranched alkanes of at least 4 members (excludes halogenated alkanes) is 26. The van der Waals surface area contributed by atoms with Crippen molar-refractivity contribution in [2.75, 3.05) is 0 Å². The lowest BCUT2D eigenvalue weighted by atomic mass is 10.0. The second-order valence-electron chi connectivity index (χ2n) is 12.0. The van der Waals surface area contributed by atoms with Crippen LogP contribution in [0.3, 0.4) is 0 Å². The van der Waals surface area contributed by atoms with Crippen LogP contribution in [-0.2, 0) is 4.57 Å². The molecule has 0 heterocycles. The van der Waals surface area contributed by atoms with Gasteiger partial charge in [0.1, 0.15) is 0 Å². The lowest BCUT2D eigenvalue weighted by Gasteiger charge is -2.38. The first-order chi connectivity index (χ1) is 18.0. The average molecular weight is 543 g/mol. The molecule has 0 radical (unpaired) electrons. The molecule has 0 aliphatic heterocycles. The second kappa shape index (κ2) is 29.1. The van der Waals surface area contributed by atoms with Gasteiger partial charge in [-0.2, -0.15) is 0 Å². The highest BCUT2D eigenvalue weighted by Crippen LogP contribution is 2.38. The molecule has 0 aromatic heterocycles.